The molecule has 4 rings (SSSR count). The number of benzene rings is 1. The zero-order valence-electron chi connectivity index (χ0n) is 16.9. The molecular weight excluding hydrogens is 415 g/mol. The molecule has 3 aliphatic rings. The number of hydrogen-bond donors (Lipinski definition) is 1. The SMILES string of the molecule is O=C(NCCCN1CCOCC1)[C@@H]1Cc2cc(C(F)(F)F)ccc2N2CCSC[C@@H]12. The average Bonchev–Trinajstić information content (AvgIpc) is 2.75. The molecule has 3 heterocycles. The summed E-state index contributed by atoms with van der Waals surface area (Å²) in [6, 6.07) is 4.00. The van der Waals surface area contributed by atoms with E-state index in [1.165, 1.54) is 6.07 Å². The number of alkyl halides is 3. The summed E-state index contributed by atoms with van der Waals surface area (Å²) in [6.07, 6.45) is -3.16. The van der Waals surface area contributed by atoms with Crippen LogP contribution in [0.3, 0.4) is 0 Å². The van der Waals surface area contributed by atoms with Crippen molar-refractivity contribution in [3.8, 4) is 0 Å². The van der Waals surface area contributed by atoms with Gasteiger partial charge >= 0.3 is 6.18 Å². The molecule has 0 radical (unpaired) electrons. The van der Waals surface area contributed by atoms with Gasteiger partial charge < -0.3 is 15.0 Å². The molecule has 30 heavy (non-hydrogen) atoms. The van der Waals surface area contributed by atoms with Gasteiger partial charge in [-0.15, -0.1) is 0 Å². The molecule has 0 bridgehead atoms. The summed E-state index contributed by atoms with van der Waals surface area (Å²) >= 11 is 1.81. The minimum atomic E-state index is -4.37. The van der Waals surface area contributed by atoms with Gasteiger partial charge in [-0.05, 0) is 43.1 Å². The zero-order chi connectivity index (χ0) is 21.1. The Balaban J connectivity index is 1.41. The van der Waals surface area contributed by atoms with Gasteiger partial charge in [0.25, 0.3) is 0 Å². The van der Waals surface area contributed by atoms with Crippen molar-refractivity contribution in [2.24, 2.45) is 5.92 Å². The first kappa shape index (κ1) is 21.8. The summed E-state index contributed by atoms with van der Waals surface area (Å²) < 4.78 is 44.9. The Morgan fingerprint density at radius 3 is 2.80 bits per heavy atom. The Kier molecular flexibility index (Phi) is 6.79. The van der Waals surface area contributed by atoms with Crippen LogP contribution in [0.1, 0.15) is 17.5 Å². The Bertz CT molecular complexity index is 756. The van der Waals surface area contributed by atoms with E-state index in [2.05, 4.69) is 15.1 Å². The van der Waals surface area contributed by atoms with Crippen LogP contribution in [0.4, 0.5) is 18.9 Å². The van der Waals surface area contributed by atoms with E-state index >= 15 is 0 Å². The third-order valence-corrected chi connectivity index (χ3v) is 7.23. The number of halogens is 3. The number of morpholine rings is 1. The van der Waals surface area contributed by atoms with Gasteiger partial charge in [-0.25, -0.2) is 0 Å². The lowest BCUT2D eigenvalue weighted by atomic mass is 9.84. The number of rotatable bonds is 5. The van der Waals surface area contributed by atoms with Crippen molar-refractivity contribution in [3.63, 3.8) is 0 Å². The molecule has 2 atom stereocenters. The Hall–Kier alpha value is -1.45. The first-order chi connectivity index (χ1) is 14.4. The van der Waals surface area contributed by atoms with Crippen molar-refractivity contribution in [3.05, 3.63) is 29.3 Å². The number of nitrogens with one attached hydrogen (secondary N) is 1. The Morgan fingerprint density at radius 2 is 2.03 bits per heavy atom. The van der Waals surface area contributed by atoms with E-state index in [0.29, 0.717) is 18.5 Å². The third-order valence-electron chi connectivity index (χ3n) is 6.18. The van der Waals surface area contributed by atoms with E-state index in [1.807, 2.05) is 11.8 Å². The van der Waals surface area contributed by atoms with Crippen LogP contribution in [0, 0.1) is 5.92 Å². The Labute approximate surface area is 179 Å². The second-order valence-corrected chi connectivity index (χ2v) is 9.24. The number of ether oxygens (including phenoxy) is 1. The molecule has 0 aromatic heterocycles. The fraction of sp³-hybridized carbons (Fsp3) is 0.667. The molecule has 0 saturated carbocycles. The second kappa shape index (κ2) is 9.36. The van der Waals surface area contributed by atoms with Crippen molar-refractivity contribution in [2.75, 3.05) is 62.3 Å². The molecule has 1 aromatic rings. The molecule has 2 saturated heterocycles. The number of carbonyl (C=O) groups excluding carboxylic acids is 1. The van der Waals surface area contributed by atoms with Gasteiger partial charge in [0.05, 0.1) is 24.7 Å². The van der Waals surface area contributed by atoms with Crippen LogP contribution < -0.4 is 10.2 Å². The van der Waals surface area contributed by atoms with Crippen molar-refractivity contribution in [1.82, 2.24) is 10.2 Å². The standard InChI is InChI=1S/C21H28F3N3O2S/c22-21(23,24)16-2-3-18-15(12-16)13-17(19-14-30-11-8-27(18)19)20(28)25-4-1-5-26-6-9-29-10-7-26/h2-3,12,17,19H,1,4-11,13-14H2,(H,25,28)/t17-,19+/m1/s1. The van der Waals surface area contributed by atoms with Crippen LogP contribution in [0.25, 0.3) is 0 Å². The van der Waals surface area contributed by atoms with Crippen LogP contribution >= 0.6 is 11.8 Å². The van der Waals surface area contributed by atoms with E-state index in [9.17, 15) is 18.0 Å². The predicted octanol–water partition coefficient (Wildman–Crippen LogP) is 2.64. The molecule has 1 N–H and O–H groups in total. The smallest absolute Gasteiger partial charge is 0.379 e. The topological polar surface area (TPSA) is 44.8 Å². The number of fused-ring (bicyclic) bond motifs is 3. The lowest BCUT2D eigenvalue weighted by Gasteiger charge is -2.45. The molecule has 1 amide bonds. The van der Waals surface area contributed by atoms with Crippen LogP contribution in [-0.2, 0) is 22.1 Å². The number of carbonyl (C=O) groups is 1. The van der Waals surface area contributed by atoms with Crippen LogP contribution in [0.15, 0.2) is 18.2 Å². The van der Waals surface area contributed by atoms with E-state index in [0.717, 1.165) is 69.1 Å². The highest BCUT2D eigenvalue weighted by atomic mass is 32.2. The fourth-order valence-corrected chi connectivity index (χ4v) is 5.72. The summed E-state index contributed by atoms with van der Waals surface area (Å²) in [5.41, 5.74) is 0.835. The molecule has 0 unspecified atom stereocenters. The van der Waals surface area contributed by atoms with Gasteiger partial charge in [0, 0.05) is 49.4 Å². The van der Waals surface area contributed by atoms with Crippen molar-refractivity contribution < 1.29 is 22.7 Å². The molecular formula is C21H28F3N3O2S. The normalized spacial score (nSPS) is 24.8. The molecule has 9 heteroatoms. The highest BCUT2D eigenvalue weighted by Gasteiger charge is 2.41. The van der Waals surface area contributed by atoms with Crippen LogP contribution in [0.2, 0.25) is 0 Å². The molecule has 0 spiro atoms. The van der Waals surface area contributed by atoms with Crippen molar-refractivity contribution in [1.29, 1.82) is 0 Å². The summed E-state index contributed by atoms with van der Waals surface area (Å²) in [5, 5.41) is 3.05. The van der Waals surface area contributed by atoms with Gasteiger partial charge in [0.2, 0.25) is 5.91 Å². The monoisotopic (exact) mass is 443 g/mol. The van der Waals surface area contributed by atoms with Gasteiger partial charge in [-0.2, -0.15) is 24.9 Å². The number of hydrogen-bond acceptors (Lipinski definition) is 5. The Morgan fingerprint density at radius 1 is 1.23 bits per heavy atom. The summed E-state index contributed by atoms with van der Waals surface area (Å²) in [5.74, 6) is 1.38. The maximum Gasteiger partial charge on any atom is 0.416 e. The maximum atomic E-state index is 13.2. The number of thioether (sulfide) groups is 1. The van der Waals surface area contributed by atoms with Gasteiger partial charge in [-0.3, -0.25) is 9.69 Å². The molecule has 2 fully saturated rings. The first-order valence-corrected chi connectivity index (χ1v) is 11.7. The molecule has 3 aliphatic heterocycles. The molecule has 166 valence electrons. The lowest BCUT2D eigenvalue weighted by Crippen LogP contribution is -2.55. The molecule has 1 aromatic carbocycles. The molecule has 5 nitrogen and oxygen atoms in total. The summed E-state index contributed by atoms with van der Waals surface area (Å²) in [6.45, 7) is 5.60. The van der Waals surface area contributed by atoms with Crippen molar-refractivity contribution >= 4 is 23.4 Å². The van der Waals surface area contributed by atoms with Crippen molar-refractivity contribution in [2.45, 2.75) is 25.1 Å². The van der Waals surface area contributed by atoms with Crippen LogP contribution in [0.5, 0.6) is 0 Å². The van der Waals surface area contributed by atoms with E-state index in [1.54, 1.807) is 6.07 Å². The summed E-state index contributed by atoms with van der Waals surface area (Å²) in [7, 11) is 0. The average molecular weight is 444 g/mol. The second-order valence-electron chi connectivity index (χ2n) is 8.09. The number of amides is 1. The minimum Gasteiger partial charge on any atom is -0.379 e. The van der Waals surface area contributed by atoms with E-state index in [-0.39, 0.29) is 17.9 Å². The lowest BCUT2D eigenvalue weighted by molar-refractivity contribution is -0.137. The zero-order valence-corrected chi connectivity index (χ0v) is 17.7. The third kappa shape index (κ3) is 4.89. The summed E-state index contributed by atoms with van der Waals surface area (Å²) in [4.78, 5) is 17.5. The number of nitrogens with zero attached hydrogens (tertiary/aromatic N) is 2. The fourth-order valence-electron chi connectivity index (χ4n) is 4.57. The van der Waals surface area contributed by atoms with Crippen LogP contribution in [-0.4, -0.2) is 74.3 Å². The number of anilines is 1. The highest BCUT2D eigenvalue weighted by Crippen LogP contribution is 2.40. The van der Waals surface area contributed by atoms with E-state index < -0.39 is 11.7 Å². The largest absolute Gasteiger partial charge is 0.416 e. The maximum absolute atomic E-state index is 13.2. The first-order valence-electron chi connectivity index (χ1n) is 10.6. The van der Waals surface area contributed by atoms with Gasteiger partial charge in [0.15, 0.2) is 0 Å². The van der Waals surface area contributed by atoms with E-state index in [4.69, 9.17) is 4.74 Å². The predicted molar refractivity (Wildman–Crippen MR) is 112 cm³/mol. The minimum absolute atomic E-state index is 0.0345. The quantitative estimate of drug-likeness (QED) is 0.709. The molecule has 0 aliphatic carbocycles. The van der Waals surface area contributed by atoms with Gasteiger partial charge in [-0.1, -0.05) is 0 Å². The van der Waals surface area contributed by atoms with Gasteiger partial charge in [0.1, 0.15) is 0 Å². The highest BCUT2D eigenvalue weighted by molar-refractivity contribution is 7.99.